The Morgan fingerprint density at radius 1 is 1.32 bits per heavy atom. The number of carboxylic acid groups (broad SMARTS) is 1. The number of amides is 2. The summed E-state index contributed by atoms with van der Waals surface area (Å²) in [7, 11) is 0. The fourth-order valence-electron chi connectivity index (χ4n) is 4.17. The topological polar surface area (TPSA) is 158 Å². The molecule has 31 heavy (non-hydrogen) atoms. The third-order valence-electron chi connectivity index (χ3n) is 5.67. The van der Waals surface area contributed by atoms with E-state index in [1.54, 1.807) is 13.8 Å². The highest BCUT2D eigenvalue weighted by atomic mass is 32.2. The Balaban J connectivity index is 1.50. The number of allylic oxidation sites excluding steroid dienone is 1. The number of carbonyl (C=O) groups is 3. The van der Waals surface area contributed by atoms with Crippen molar-refractivity contribution in [1.82, 2.24) is 20.4 Å². The molecular weight excluding hydrogens is 426 g/mol. The van der Waals surface area contributed by atoms with Gasteiger partial charge < -0.3 is 15.3 Å². The van der Waals surface area contributed by atoms with Gasteiger partial charge in [0, 0.05) is 10.3 Å². The molecule has 4 rings (SSSR count). The number of fused-ring (bicyclic) bond motifs is 1. The molecule has 3 N–H and O–H groups in total. The Morgan fingerprint density at radius 2 is 2.06 bits per heavy atom. The summed E-state index contributed by atoms with van der Waals surface area (Å²) in [4.78, 5) is 56.4. The molecule has 1 aromatic heterocycles. The highest BCUT2D eigenvalue weighted by Crippen LogP contribution is 2.50. The van der Waals surface area contributed by atoms with Crippen LogP contribution in [0.3, 0.4) is 0 Å². The average molecular weight is 449 g/mol. The molecule has 4 heterocycles. The van der Waals surface area contributed by atoms with Crippen LogP contribution in [-0.4, -0.2) is 65.8 Å². The summed E-state index contributed by atoms with van der Waals surface area (Å²) in [5.41, 5.74) is 1.25. The Labute approximate surface area is 181 Å². The lowest BCUT2D eigenvalue weighted by molar-refractivity contribution is -0.160. The number of hydrogen-bond acceptors (Lipinski definition) is 8. The van der Waals surface area contributed by atoms with Gasteiger partial charge in [0.15, 0.2) is 0 Å². The maximum absolute atomic E-state index is 12.9. The molecule has 0 unspecified atom stereocenters. The molecule has 12 heteroatoms. The van der Waals surface area contributed by atoms with Gasteiger partial charge in [-0.3, -0.25) is 19.1 Å². The van der Waals surface area contributed by atoms with Crippen LogP contribution in [0.2, 0.25) is 0 Å². The third kappa shape index (κ3) is 3.48. The molecular formula is C19H23N5O6S. The van der Waals surface area contributed by atoms with Crippen molar-refractivity contribution in [3.05, 3.63) is 27.6 Å². The molecule has 0 bridgehead atoms. The number of aliphatic imine (C=N–C) groups is 1. The Bertz CT molecular complexity index is 1070. The molecule has 0 saturated carbocycles. The normalized spacial score (nSPS) is 26.2. The van der Waals surface area contributed by atoms with Gasteiger partial charge in [-0.1, -0.05) is 24.9 Å². The zero-order valence-electron chi connectivity index (χ0n) is 17.3. The molecule has 0 spiro atoms. The molecule has 2 fully saturated rings. The van der Waals surface area contributed by atoms with Crippen LogP contribution in [0, 0.1) is 0 Å². The summed E-state index contributed by atoms with van der Waals surface area (Å²) in [6, 6.07) is -1.75. The smallest absolute Gasteiger partial charge is 0.439 e. The number of β-lactam (4-membered cyclic amide) rings is 1. The van der Waals surface area contributed by atoms with E-state index in [0.717, 1.165) is 19.3 Å². The van der Waals surface area contributed by atoms with Crippen LogP contribution < -0.4 is 11.1 Å². The van der Waals surface area contributed by atoms with E-state index >= 15 is 0 Å². The van der Waals surface area contributed by atoms with E-state index < -0.39 is 45.7 Å². The second kappa shape index (κ2) is 7.66. The molecule has 0 aromatic carbocycles. The van der Waals surface area contributed by atoms with E-state index in [1.807, 2.05) is 0 Å². The molecule has 0 aliphatic carbocycles. The number of nitrogens with one attached hydrogen (secondary N) is 2. The first-order valence-corrected chi connectivity index (χ1v) is 11.0. The standard InChI is InChI=1S/C19H23N5O6S/c1-4-5-6-7-8-9(13-22-18(29)30-23-13)20-10(8)14(25)21-11-15(26)24-12(17(27)28)19(2,3)31-16(11)24/h11-12,16H,4-7H2,1-3H3,(H,21,25)(H,27,28)(H,22,23,29)/t11-,12+,16-/m1/s1. The van der Waals surface area contributed by atoms with Gasteiger partial charge in [-0.25, -0.2) is 14.6 Å². The zero-order valence-corrected chi connectivity index (χ0v) is 18.1. The monoisotopic (exact) mass is 449 g/mol. The number of rotatable bonds is 8. The Hall–Kier alpha value is -2.89. The highest BCUT2D eigenvalue weighted by Gasteiger charge is 2.64. The van der Waals surface area contributed by atoms with Gasteiger partial charge in [0.25, 0.3) is 5.91 Å². The number of unbranched alkanes of at least 4 members (excludes halogenated alkanes) is 2. The number of nitrogens with zero attached hydrogens (tertiary/aromatic N) is 3. The minimum atomic E-state index is -1.06. The van der Waals surface area contributed by atoms with Gasteiger partial charge in [-0.05, 0) is 26.7 Å². The van der Waals surface area contributed by atoms with Crippen molar-refractivity contribution in [2.24, 2.45) is 4.99 Å². The number of aliphatic carboxylic acids is 1. The van der Waals surface area contributed by atoms with Gasteiger partial charge >= 0.3 is 11.7 Å². The van der Waals surface area contributed by atoms with Crippen molar-refractivity contribution in [2.45, 2.75) is 68.7 Å². The first kappa shape index (κ1) is 21.3. The molecule has 11 nitrogen and oxygen atoms in total. The van der Waals surface area contributed by atoms with Crippen LogP contribution in [0.1, 0.15) is 52.3 Å². The van der Waals surface area contributed by atoms with E-state index in [0.29, 0.717) is 17.7 Å². The lowest BCUT2D eigenvalue weighted by Gasteiger charge is -2.43. The fraction of sp³-hybridized carbons (Fsp3) is 0.579. The second-order valence-electron chi connectivity index (χ2n) is 8.24. The lowest BCUT2D eigenvalue weighted by atomic mass is 9.93. The van der Waals surface area contributed by atoms with Crippen molar-refractivity contribution in [3.8, 4) is 0 Å². The van der Waals surface area contributed by atoms with Crippen molar-refractivity contribution < 1.29 is 24.0 Å². The fourth-order valence-corrected chi connectivity index (χ4v) is 5.79. The van der Waals surface area contributed by atoms with E-state index in [9.17, 15) is 24.3 Å². The largest absolute Gasteiger partial charge is 0.480 e. The predicted octanol–water partition coefficient (Wildman–Crippen LogP) is 0.632. The number of H-pyrrole nitrogens is 1. The molecule has 3 aliphatic rings. The van der Waals surface area contributed by atoms with Crippen LogP contribution in [0.15, 0.2) is 25.6 Å². The third-order valence-corrected chi connectivity index (χ3v) is 7.24. The van der Waals surface area contributed by atoms with E-state index in [2.05, 4.69) is 31.9 Å². The Morgan fingerprint density at radius 3 is 2.68 bits per heavy atom. The van der Waals surface area contributed by atoms with Crippen molar-refractivity contribution in [3.63, 3.8) is 0 Å². The number of aromatic amines is 1. The number of thioether (sulfide) groups is 1. The van der Waals surface area contributed by atoms with E-state index in [1.165, 1.54) is 16.7 Å². The minimum Gasteiger partial charge on any atom is -0.480 e. The first-order valence-electron chi connectivity index (χ1n) is 10.1. The maximum atomic E-state index is 12.9. The molecule has 3 aliphatic heterocycles. The molecule has 2 amide bonds. The zero-order chi connectivity index (χ0) is 22.5. The summed E-state index contributed by atoms with van der Waals surface area (Å²) in [6.45, 7) is 5.61. The summed E-state index contributed by atoms with van der Waals surface area (Å²) in [6.07, 6.45) is 3.35. The molecule has 0 radical (unpaired) electrons. The summed E-state index contributed by atoms with van der Waals surface area (Å²) in [5, 5.41) is 15.4. The SMILES string of the molecule is CCCCCC1=C(C(=O)N[C@@H]2C(=O)N3[C@@H]2SC(C)(C)[C@@H]3C(=O)O)N=C1c1noc(=O)[nH]1. The number of carbonyl (C=O) groups excluding carboxylic acids is 2. The number of carboxylic acids is 1. The molecule has 166 valence electrons. The van der Waals surface area contributed by atoms with Crippen LogP contribution in [-0.2, 0) is 14.4 Å². The number of aromatic nitrogens is 2. The summed E-state index contributed by atoms with van der Waals surface area (Å²) < 4.78 is 3.86. The average Bonchev–Trinajstić information content (AvgIpc) is 3.21. The van der Waals surface area contributed by atoms with E-state index in [-0.39, 0.29) is 11.5 Å². The molecule has 3 atom stereocenters. The Kier molecular flexibility index (Phi) is 5.28. The van der Waals surface area contributed by atoms with Crippen molar-refractivity contribution in [1.29, 1.82) is 0 Å². The summed E-state index contributed by atoms with van der Waals surface area (Å²) >= 11 is 1.36. The predicted molar refractivity (Wildman–Crippen MR) is 110 cm³/mol. The maximum Gasteiger partial charge on any atom is 0.439 e. The highest BCUT2D eigenvalue weighted by molar-refractivity contribution is 8.01. The van der Waals surface area contributed by atoms with Crippen LogP contribution in [0.25, 0.3) is 0 Å². The quantitative estimate of drug-likeness (QED) is 0.385. The first-order chi connectivity index (χ1) is 14.7. The van der Waals surface area contributed by atoms with E-state index in [4.69, 9.17) is 0 Å². The van der Waals surface area contributed by atoms with Crippen LogP contribution in [0.5, 0.6) is 0 Å². The minimum absolute atomic E-state index is 0.163. The molecule has 1 aromatic rings. The van der Waals surface area contributed by atoms with Crippen LogP contribution in [0.4, 0.5) is 0 Å². The molecule has 2 saturated heterocycles. The lowest BCUT2D eigenvalue weighted by Crippen LogP contribution is -2.70. The number of hydrogen-bond donors (Lipinski definition) is 3. The van der Waals surface area contributed by atoms with Gasteiger partial charge in [0.05, 0.1) is 0 Å². The van der Waals surface area contributed by atoms with Gasteiger partial charge in [0.2, 0.25) is 11.7 Å². The van der Waals surface area contributed by atoms with Gasteiger partial charge in [-0.15, -0.1) is 11.8 Å². The van der Waals surface area contributed by atoms with Crippen LogP contribution >= 0.6 is 11.8 Å². The van der Waals surface area contributed by atoms with Crippen molar-refractivity contribution in [2.75, 3.05) is 0 Å². The summed E-state index contributed by atoms with van der Waals surface area (Å²) in [5.74, 6) is -2.53. The van der Waals surface area contributed by atoms with Gasteiger partial charge in [-0.2, -0.15) is 0 Å². The van der Waals surface area contributed by atoms with Crippen molar-refractivity contribution >= 4 is 35.3 Å². The second-order valence-corrected chi connectivity index (χ2v) is 10.0. The van der Waals surface area contributed by atoms with Gasteiger partial charge in [0.1, 0.15) is 28.9 Å².